The molecule has 3 heteroatoms. The second-order valence-corrected chi connectivity index (χ2v) is 4.58. The molecule has 3 aromatic rings. The van der Waals surface area contributed by atoms with Gasteiger partial charge in [-0.1, -0.05) is 48.5 Å². The summed E-state index contributed by atoms with van der Waals surface area (Å²) < 4.78 is 1.95. The molecule has 0 saturated heterocycles. The zero-order valence-corrected chi connectivity index (χ0v) is 11.2. The van der Waals surface area contributed by atoms with Crippen LogP contribution in [0.4, 0.5) is 0 Å². The molecular formula is C17H14N2O. The fourth-order valence-corrected chi connectivity index (χ4v) is 2.13. The molecule has 3 nitrogen and oxygen atoms in total. The van der Waals surface area contributed by atoms with Crippen molar-refractivity contribution in [2.45, 2.75) is 6.92 Å². The SMILES string of the molecule is CC(=O)c1cn(-c2ccccc2)c(-c2ccccc2)n1. The van der Waals surface area contributed by atoms with Gasteiger partial charge in [-0.25, -0.2) is 4.98 Å². The molecule has 0 unspecified atom stereocenters. The van der Waals surface area contributed by atoms with Crippen LogP contribution in [0.2, 0.25) is 0 Å². The fourth-order valence-electron chi connectivity index (χ4n) is 2.13. The Labute approximate surface area is 117 Å². The van der Waals surface area contributed by atoms with Crippen LogP contribution in [-0.2, 0) is 0 Å². The topological polar surface area (TPSA) is 34.9 Å². The van der Waals surface area contributed by atoms with E-state index in [1.54, 1.807) is 6.20 Å². The van der Waals surface area contributed by atoms with Crippen molar-refractivity contribution in [3.05, 3.63) is 72.6 Å². The molecule has 0 spiro atoms. The Kier molecular flexibility index (Phi) is 3.17. The van der Waals surface area contributed by atoms with Crippen LogP contribution < -0.4 is 0 Å². The van der Waals surface area contributed by atoms with Gasteiger partial charge in [-0.15, -0.1) is 0 Å². The standard InChI is InChI=1S/C17H14N2O/c1-13(20)16-12-19(15-10-6-3-7-11-15)17(18-16)14-8-4-2-5-9-14/h2-12H,1H3. The molecule has 0 fully saturated rings. The maximum atomic E-state index is 11.6. The first-order valence-electron chi connectivity index (χ1n) is 6.47. The van der Waals surface area contributed by atoms with Crippen molar-refractivity contribution in [2.75, 3.05) is 0 Å². The molecule has 1 aromatic heterocycles. The van der Waals surface area contributed by atoms with E-state index in [2.05, 4.69) is 4.98 Å². The fraction of sp³-hybridized carbons (Fsp3) is 0.0588. The number of rotatable bonds is 3. The summed E-state index contributed by atoms with van der Waals surface area (Å²) in [6, 6.07) is 19.8. The van der Waals surface area contributed by atoms with Crippen LogP contribution in [0.15, 0.2) is 66.9 Å². The van der Waals surface area contributed by atoms with Crippen LogP contribution in [0.1, 0.15) is 17.4 Å². The number of aromatic nitrogens is 2. The number of para-hydroxylation sites is 1. The first-order valence-corrected chi connectivity index (χ1v) is 6.47. The smallest absolute Gasteiger partial charge is 0.179 e. The van der Waals surface area contributed by atoms with Crippen LogP contribution in [0, 0.1) is 0 Å². The monoisotopic (exact) mass is 262 g/mol. The van der Waals surface area contributed by atoms with Crippen molar-refractivity contribution in [1.82, 2.24) is 9.55 Å². The third kappa shape index (κ3) is 2.26. The van der Waals surface area contributed by atoms with E-state index < -0.39 is 0 Å². The lowest BCUT2D eigenvalue weighted by atomic mass is 10.2. The quantitative estimate of drug-likeness (QED) is 0.674. The van der Waals surface area contributed by atoms with E-state index in [0.29, 0.717) is 5.69 Å². The molecule has 0 saturated carbocycles. The summed E-state index contributed by atoms with van der Waals surface area (Å²) >= 11 is 0. The van der Waals surface area contributed by atoms with E-state index in [4.69, 9.17) is 0 Å². The Morgan fingerprint density at radius 3 is 2.15 bits per heavy atom. The third-order valence-corrected chi connectivity index (χ3v) is 3.13. The largest absolute Gasteiger partial charge is 0.299 e. The Hall–Kier alpha value is -2.68. The number of imidazole rings is 1. The summed E-state index contributed by atoms with van der Waals surface area (Å²) in [6.45, 7) is 1.53. The molecule has 98 valence electrons. The minimum atomic E-state index is -0.0307. The predicted octanol–water partition coefficient (Wildman–Crippen LogP) is 3.74. The predicted molar refractivity (Wildman–Crippen MR) is 79.0 cm³/mol. The van der Waals surface area contributed by atoms with E-state index in [-0.39, 0.29) is 5.78 Å². The molecule has 0 bridgehead atoms. The van der Waals surface area contributed by atoms with Gasteiger partial charge in [0.15, 0.2) is 5.78 Å². The number of hydrogen-bond donors (Lipinski definition) is 0. The number of nitrogens with zero attached hydrogens (tertiary/aromatic N) is 2. The minimum Gasteiger partial charge on any atom is -0.299 e. The molecule has 0 N–H and O–H groups in total. The second-order valence-electron chi connectivity index (χ2n) is 4.58. The van der Waals surface area contributed by atoms with Gasteiger partial charge in [0.2, 0.25) is 0 Å². The Morgan fingerprint density at radius 2 is 1.55 bits per heavy atom. The summed E-state index contributed by atoms with van der Waals surface area (Å²) in [7, 11) is 0. The van der Waals surface area contributed by atoms with E-state index in [0.717, 1.165) is 17.1 Å². The van der Waals surface area contributed by atoms with E-state index >= 15 is 0 Å². The number of Topliss-reactive ketones (excluding diaryl/α,β-unsaturated/α-hetero) is 1. The first kappa shape index (κ1) is 12.4. The summed E-state index contributed by atoms with van der Waals surface area (Å²) in [5, 5.41) is 0. The number of benzene rings is 2. The van der Waals surface area contributed by atoms with Crippen molar-refractivity contribution < 1.29 is 4.79 Å². The summed E-state index contributed by atoms with van der Waals surface area (Å²) in [6.07, 6.45) is 1.79. The molecule has 1 heterocycles. The number of hydrogen-bond acceptors (Lipinski definition) is 2. The molecule has 0 atom stereocenters. The zero-order valence-electron chi connectivity index (χ0n) is 11.2. The Balaban J connectivity index is 2.20. The van der Waals surface area contributed by atoms with Crippen molar-refractivity contribution in [3.63, 3.8) is 0 Å². The number of ketones is 1. The van der Waals surface area contributed by atoms with Crippen LogP contribution in [0.25, 0.3) is 17.1 Å². The first-order chi connectivity index (χ1) is 9.75. The van der Waals surface area contributed by atoms with Crippen LogP contribution >= 0.6 is 0 Å². The molecule has 2 aromatic carbocycles. The third-order valence-electron chi connectivity index (χ3n) is 3.13. The van der Waals surface area contributed by atoms with Gasteiger partial charge in [0, 0.05) is 24.4 Å². The Morgan fingerprint density at radius 1 is 0.950 bits per heavy atom. The van der Waals surface area contributed by atoms with E-state index in [9.17, 15) is 4.79 Å². The van der Waals surface area contributed by atoms with Crippen LogP contribution in [0.3, 0.4) is 0 Å². The van der Waals surface area contributed by atoms with E-state index in [1.165, 1.54) is 6.92 Å². The van der Waals surface area contributed by atoms with Gasteiger partial charge >= 0.3 is 0 Å². The normalized spacial score (nSPS) is 10.4. The van der Waals surface area contributed by atoms with Gasteiger partial charge in [0.1, 0.15) is 11.5 Å². The van der Waals surface area contributed by atoms with Crippen LogP contribution in [0.5, 0.6) is 0 Å². The van der Waals surface area contributed by atoms with Gasteiger partial charge in [0.25, 0.3) is 0 Å². The van der Waals surface area contributed by atoms with Crippen LogP contribution in [-0.4, -0.2) is 15.3 Å². The lowest BCUT2D eigenvalue weighted by Crippen LogP contribution is -1.95. The van der Waals surface area contributed by atoms with Crippen molar-refractivity contribution in [2.24, 2.45) is 0 Å². The maximum absolute atomic E-state index is 11.6. The van der Waals surface area contributed by atoms with E-state index in [1.807, 2.05) is 65.2 Å². The van der Waals surface area contributed by atoms with Crippen molar-refractivity contribution in [1.29, 1.82) is 0 Å². The van der Waals surface area contributed by atoms with Gasteiger partial charge in [-0.3, -0.25) is 9.36 Å². The van der Waals surface area contributed by atoms with Gasteiger partial charge in [-0.05, 0) is 12.1 Å². The lowest BCUT2D eigenvalue weighted by molar-refractivity contribution is 0.101. The summed E-state index contributed by atoms with van der Waals surface area (Å²) in [5.74, 6) is 0.749. The number of carbonyl (C=O) groups is 1. The molecular weight excluding hydrogens is 248 g/mol. The Bertz CT molecular complexity index is 673. The summed E-state index contributed by atoms with van der Waals surface area (Å²) in [4.78, 5) is 16.1. The molecule has 0 amide bonds. The highest BCUT2D eigenvalue weighted by molar-refractivity contribution is 5.92. The number of carbonyl (C=O) groups excluding carboxylic acids is 1. The van der Waals surface area contributed by atoms with Crippen molar-refractivity contribution in [3.8, 4) is 17.1 Å². The minimum absolute atomic E-state index is 0.0307. The molecule has 0 aliphatic carbocycles. The highest BCUT2D eigenvalue weighted by atomic mass is 16.1. The maximum Gasteiger partial charge on any atom is 0.179 e. The molecule has 0 aliphatic rings. The van der Waals surface area contributed by atoms with Crippen molar-refractivity contribution >= 4 is 5.78 Å². The lowest BCUT2D eigenvalue weighted by Gasteiger charge is -2.07. The zero-order chi connectivity index (χ0) is 13.9. The molecule has 3 rings (SSSR count). The highest BCUT2D eigenvalue weighted by Gasteiger charge is 2.13. The average Bonchev–Trinajstić information content (AvgIpc) is 2.94. The molecule has 0 radical (unpaired) electrons. The van der Waals surface area contributed by atoms with Gasteiger partial charge in [0.05, 0.1) is 0 Å². The van der Waals surface area contributed by atoms with Gasteiger partial charge < -0.3 is 0 Å². The second kappa shape index (κ2) is 5.13. The highest BCUT2D eigenvalue weighted by Crippen LogP contribution is 2.22. The summed E-state index contributed by atoms with van der Waals surface area (Å²) in [5.41, 5.74) is 2.46. The molecule has 20 heavy (non-hydrogen) atoms. The molecule has 0 aliphatic heterocycles. The van der Waals surface area contributed by atoms with Gasteiger partial charge in [-0.2, -0.15) is 0 Å². The average molecular weight is 262 g/mol.